The molecule has 0 fully saturated rings. The van der Waals surface area contributed by atoms with Crippen molar-refractivity contribution >= 4 is 56.0 Å². The van der Waals surface area contributed by atoms with Crippen LogP contribution in [0, 0.1) is 0 Å². The topological polar surface area (TPSA) is 124 Å². The number of hydrogen-bond acceptors (Lipinski definition) is 5. The summed E-state index contributed by atoms with van der Waals surface area (Å²) < 4.78 is 27.8. The van der Waals surface area contributed by atoms with Gasteiger partial charge in [-0.05, 0) is 60.9 Å². The standard InChI is InChI=1S/C18H19ClN4O4S2/c1-28-9-8-15(23-29(26,27)13-5-2-11(19)3-6-13)17(24)20-12-4-7-14-16(10-12)22-18(25)21-14/h2-7,10,15,23H,8-9H2,1H3,(H,20,24)(H2,21,22,25). The van der Waals surface area contributed by atoms with Gasteiger partial charge in [0.05, 0.1) is 15.9 Å². The van der Waals surface area contributed by atoms with Gasteiger partial charge in [-0.2, -0.15) is 16.5 Å². The number of carbonyl (C=O) groups is 1. The Labute approximate surface area is 176 Å². The lowest BCUT2D eigenvalue weighted by Crippen LogP contribution is -2.44. The summed E-state index contributed by atoms with van der Waals surface area (Å²) in [5.41, 5.74) is 1.24. The number of H-pyrrole nitrogens is 2. The van der Waals surface area contributed by atoms with Crippen molar-refractivity contribution in [1.29, 1.82) is 0 Å². The number of carbonyl (C=O) groups excluding carboxylic acids is 1. The molecule has 11 heteroatoms. The summed E-state index contributed by atoms with van der Waals surface area (Å²) in [6, 6.07) is 9.62. The van der Waals surface area contributed by atoms with Gasteiger partial charge in [0.1, 0.15) is 6.04 Å². The highest BCUT2D eigenvalue weighted by Crippen LogP contribution is 2.17. The van der Waals surface area contributed by atoms with Gasteiger partial charge in [0, 0.05) is 10.7 Å². The number of benzene rings is 2. The molecule has 0 aliphatic rings. The number of halogens is 1. The largest absolute Gasteiger partial charge is 0.325 e. The summed E-state index contributed by atoms with van der Waals surface area (Å²) >= 11 is 7.32. The smallest absolute Gasteiger partial charge is 0.323 e. The molecule has 1 heterocycles. The van der Waals surface area contributed by atoms with Crippen molar-refractivity contribution in [3.63, 3.8) is 0 Å². The van der Waals surface area contributed by atoms with Crippen molar-refractivity contribution < 1.29 is 13.2 Å². The molecule has 0 aliphatic heterocycles. The van der Waals surface area contributed by atoms with Gasteiger partial charge in [-0.25, -0.2) is 13.2 Å². The van der Waals surface area contributed by atoms with E-state index in [1.54, 1.807) is 18.2 Å². The molecular formula is C18H19ClN4O4S2. The Balaban J connectivity index is 1.79. The first-order valence-electron chi connectivity index (χ1n) is 8.58. The highest BCUT2D eigenvalue weighted by molar-refractivity contribution is 7.98. The van der Waals surface area contributed by atoms with Gasteiger partial charge >= 0.3 is 5.69 Å². The first-order valence-corrected chi connectivity index (χ1v) is 11.8. The van der Waals surface area contributed by atoms with E-state index in [4.69, 9.17) is 11.6 Å². The molecule has 1 aromatic heterocycles. The summed E-state index contributed by atoms with van der Waals surface area (Å²) in [5.74, 6) is 0.0968. The fourth-order valence-corrected chi connectivity index (χ4v) is 4.52. The normalized spacial score (nSPS) is 12.8. The third-order valence-corrected chi connectivity index (χ3v) is 6.52. The van der Waals surface area contributed by atoms with Crippen molar-refractivity contribution in [2.45, 2.75) is 17.4 Å². The van der Waals surface area contributed by atoms with E-state index < -0.39 is 22.0 Å². The summed E-state index contributed by atoms with van der Waals surface area (Å²) in [5, 5.41) is 3.12. The van der Waals surface area contributed by atoms with Crippen LogP contribution in [-0.2, 0) is 14.8 Å². The molecule has 29 heavy (non-hydrogen) atoms. The number of imidazole rings is 1. The first kappa shape index (κ1) is 21.4. The molecule has 0 saturated heterocycles. The zero-order valence-corrected chi connectivity index (χ0v) is 17.7. The predicted molar refractivity (Wildman–Crippen MR) is 116 cm³/mol. The number of sulfonamides is 1. The Morgan fingerprint density at radius 1 is 1.14 bits per heavy atom. The number of anilines is 1. The molecule has 1 atom stereocenters. The average Bonchev–Trinajstić information content (AvgIpc) is 3.04. The molecule has 3 rings (SSSR count). The number of aromatic amines is 2. The maximum atomic E-state index is 12.8. The minimum atomic E-state index is -3.91. The second-order valence-electron chi connectivity index (χ2n) is 6.24. The molecule has 0 bridgehead atoms. The first-order chi connectivity index (χ1) is 13.8. The number of hydrogen-bond donors (Lipinski definition) is 4. The van der Waals surface area contributed by atoms with Gasteiger partial charge < -0.3 is 15.3 Å². The molecule has 8 nitrogen and oxygen atoms in total. The maximum absolute atomic E-state index is 12.8. The number of aromatic nitrogens is 2. The van der Waals surface area contributed by atoms with Crippen LogP contribution in [0.4, 0.5) is 5.69 Å². The van der Waals surface area contributed by atoms with Crippen LogP contribution in [0.1, 0.15) is 6.42 Å². The molecule has 0 aliphatic carbocycles. The Kier molecular flexibility index (Phi) is 6.68. The van der Waals surface area contributed by atoms with Crippen molar-refractivity contribution in [1.82, 2.24) is 14.7 Å². The van der Waals surface area contributed by atoms with Crippen LogP contribution in [0.15, 0.2) is 52.2 Å². The van der Waals surface area contributed by atoms with E-state index in [1.807, 2.05) is 6.26 Å². The van der Waals surface area contributed by atoms with Crippen LogP contribution in [0.3, 0.4) is 0 Å². The molecule has 3 aromatic rings. The quantitative estimate of drug-likeness (QED) is 0.416. The molecule has 154 valence electrons. The molecular weight excluding hydrogens is 436 g/mol. The third kappa shape index (κ3) is 5.41. The van der Waals surface area contributed by atoms with Crippen LogP contribution >= 0.6 is 23.4 Å². The Bertz CT molecular complexity index is 1170. The van der Waals surface area contributed by atoms with E-state index in [-0.39, 0.29) is 10.6 Å². The Hall–Kier alpha value is -2.27. The summed E-state index contributed by atoms with van der Waals surface area (Å²) in [6.07, 6.45) is 2.18. The minimum Gasteiger partial charge on any atom is -0.325 e. The SMILES string of the molecule is CSCCC(NS(=O)(=O)c1ccc(Cl)cc1)C(=O)Nc1ccc2[nH]c(=O)[nH]c2c1. The fraction of sp³-hybridized carbons (Fsp3) is 0.222. The number of amides is 1. The Morgan fingerprint density at radius 2 is 1.83 bits per heavy atom. The molecule has 4 N–H and O–H groups in total. The molecule has 0 radical (unpaired) electrons. The van der Waals surface area contributed by atoms with Gasteiger partial charge in [0.25, 0.3) is 0 Å². The zero-order chi connectivity index (χ0) is 21.0. The van der Waals surface area contributed by atoms with Crippen LogP contribution in [0.2, 0.25) is 5.02 Å². The van der Waals surface area contributed by atoms with Gasteiger partial charge in [0.15, 0.2) is 0 Å². The lowest BCUT2D eigenvalue weighted by atomic mass is 10.2. The minimum absolute atomic E-state index is 0.0233. The van der Waals surface area contributed by atoms with Crippen LogP contribution < -0.4 is 15.7 Å². The monoisotopic (exact) mass is 454 g/mol. The van der Waals surface area contributed by atoms with E-state index >= 15 is 0 Å². The van der Waals surface area contributed by atoms with Crippen LogP contribution in [0.5, 0.6) is 0 Å². The summed E-state index contributed by atoms with van der Waals surface area (Å²) in [6.45, 7) is 0. The molecule has 0 saturated carbocycles. The number of fused-ring (bicyclic) bond motifs is 1. The van der Waals surface area contributed by atoms with Gasteiger partial charge in [-0.1, -0.05) is 11.6 Å². The fourth-order valence-electron chi connectivity index (χ4n) is 2.69. The Morgan fingerprint density at radius 3 is 2.52 bits per heavy atom. The lowest BCUT2D eigenvalue weighted by Gasteiger charge is -2.18. The van der Waals surface area contributed by atoms with Crippen molar-refractivity contribution in [3.05, 3.63) is 58.0 Å². The number of thioether (sulfide) groups is 1. The van der Waals surface area contributed by atoms with Gasteiger partial charge in [-0.15, -0.1) is 0 Å². The summed E-state index contributed by atoms with van der Waals surface area (Å²) in [4.78, 5) is 29.4. The second kappa shape index (κ2) is 9.04. The van der Waals surface area contributed by atoms with Crippen LogP contribution in [0.25, 0.3) is 11.0 Å². The zero-order valence-electron chi connectivity index (χ0n) is 15.4. The van der Waals surface area contributed by atoms with Crippen molar-refractivity contribution in [2.75, 3.05) is 17.3 Å². The number of rotatable bonds is 8. The van der Waals surface area contributed by atoms with Crippen molar-refractivity contribution in [2.24, 2.45) is 0 Å². The summed E-state index contributed by atoms with van der Waals surface area (Å²) in [7, 11) is -3.91. The van der Waals surface area contributed by atoms with E-state index in [0.29, 0.717) is 33.9 Å². The van der Waals surface area contributed by atoms with E-state index in [9.17, 15) is 18.0 Å². The highest BCUT2D eigenvalue weighted by atomic mass is 35.5. The highest BCUT2D eigenvalue weighted by Gasteiger charge is 2.25. The van der Waals surface area contributed by atoms with Gasteiger partial charge in [0.2, 0.25) is 15.9 Å². The molecule has 1 amide bonds. The predicted octanol–water partition coefficient (Wildman–Crippen LogP) is 2.55. The van der Waals surface area contributed by atoms with Crippen molar-refractivity contribution in [3.8, 4) is 0 Å². The lowest BCUT2D eigenvalue weighted by molar-refractivity contribution is -0.117. The second-order valence-corrected chi connectivity index (χ2v) is 9.37. The molecule has 0 spiro atoms. The van der Waals surface area contributed by atoms with Crippen LogP contribution in [-0.4, -0.2) is 42.3 Å². The van der Waals surface area contributed by atoms with E-state index in [0.717, 1.165) is 0 Å². The number of nitrogens with one attached hydrogen (secondary N) is 4. The average molecular weight is 455 g/mol. The maximum Gasteiger partial charge on any atom is 0.323 e. The van der Waals surface area contributed by atoms with Gasteiger partial charge in [-0.3, -0.25) is 4.79 Å². The van der Waals surface area contributed by atoms with E-state index in [2.05, 4.69) is 20.0 Å². The third-order valence-electron chi connectivity index (χ3n) is 4.13. The molecule has 2 aromatic carbocycles. The molecule has 1 unspecified atom stereocenters. The van der Waals surface area contributed by atoms with E-state index in [1.165, 1.54) is 36.0 Å².